The van der Waals surface area contributed by atoms with Gasteiger partial charge in [-0.2, -0.15) is 0 Å². The number of benzene rings is 3. The molecule has 0 aliphatic rings. The van der Waals surface area contributed by atoms with Crippen LogP contribution in [0.1, 0.15) is 22.8 Å². The molecule has 1 heterocycles. The fourth-order valence-electron chi connectivity index (χ4n) is 3.47. The van der Waals surface area contributed by atoms with Gasteiger partial charge in [-0.1, -0.05) is 53.5 Å². The summed E-state index contributed by atoms with van der Waals surface area (Å²) in [5.41, 5.74) is 1.23. The summed E-state index contributed by atoms with van der Waals surface area (Å²) in [6.07, 6.45) is 3.05. The van der Waals surface area contributed by atoms with Crippen LogP contribution in [0.15, 0.2) is 108 Å². The van der Waals surface area contributed by atoms with Gasteiger partial charge in [0.15, 0.2) is 0 Å². The van der Waals surface area contributed by atoms with Crippen molar-refractivity contribution in [1.82, 2.24) is 10.3 Å². The van der Waals surface area contributed by atoms with Crippen molar-refractivity contribution in [3.63, 3.8) is 0 Å². The third-order valence-electron chi connectivity index (χ3n) is 5.53. The van der Waals surface area contributed by atoms with Crippen molar-refractivity contribution >= 4 is 70.3 Å². The lowest BCUT2D eigenvalue weighted by molar-refractivity contribution is -0.115. The first-order valence-electron chi connectivity index (χ1n) is 12.1. The fraction of sp³-hybridized carbons (Fsp3) is 0.0667. The number of anilines is 2. The Labute approximate surface area is 246 Å². The molecule has 0 radical (unpaired) electrons. The lowest BCUT2D eigenvalue weighted by Gasteiger charge is -2.14. The van der Waals surface area contributed by atoms with Crippen LogP contribution in [-0.4, -0.2) is 28.0 Å². The van der Waals surface area contributed by atoms with Gasteiger partial charge < -0.3 is 16.0 Å². The molecule has 10 heteroatoms. The van der Waals surface area contributed by atoms with Gasteiger partial charge in [0.1, 0.15) is 11.5 Å². The zero-order chi connectivity index (χ0) is 28.5. The normalized spacial score (nSPS) is 11.8. The molecule has 7 nitrogen and oxygen atoms in total. The molecule has 1 atom stereocenters. The fourth-order valence-corrected chi connectivity index (χ4v) is 4.85. The number of carbonyl (C=O) groups is 3. The molecule has 0 aliphatic heterocycles. The quantitative estimate of drug-likeness (QED) is 0.145. The second kappa shape index (κ2) is 13.8. The third kappa shape index (κ3) is 7.95. The van der Waals surface area contributed by atoms with Crippen molar-refractivity contribution in [3.05, 3.63) is 124 Å². The largest absolute Gasteiger partial charge is 0.321 e. The van der Waals surface area contributed by atoms with E-state index in [1.165, 1.54) is 17.8 Å². The van der Waals surface area contributed by atoms with Crippen molar-refractivity contribution in [2.75, 3.05) is 10.6 Å². The first-order chi connectivity index (χ1) is 19.3. The molecule has 4 aromatic rings. The van der Waals surface area contributed by atoms with Crippen LogP contribution in [0.3, 0.4) is 0 Å². The Kier molecular flexibility index (Phi) is 9.96. The highest BCUT2D eigenvalue weighted by Crippen LogP contribution is 2.28. The van der Waals surface area contributed by atoms with E-state index < -0.39 is 11.8 Å². The maximum atomic E-state index is 13.3. The van der Waals surface area contributed by atoms with Gasteiger partial charge in [0.2, 0.25) is 5.91 Å². The van der Waals surface area contributed by atoms with Crippen molar-refractivity contribution in [2.45, 2.75) is 17.1 Å². The Balaban J connectivity index is 1.47. The van der Waals surface area contributed by atoms with Gasteiger partial charge >= 0.3 is 0 Å². The van der Waals surface area contributed by atoms with Crippen LogP contribution in [0.2, 0.25) is 10.0 Å². The molecule has 0 fully saturated rings. The molecular formula is C30H24Cl2N4O3S. The van der Waals surface area contributed by atoms with E-state index in [9.17, 15) is 14.4 Å². The summed E-state index contributed by atoms with van der Waals surface area (Å²) in [6.45, 7) is 1.80. The van der Waals surface area contributed by atoms with Crippen molar-refractivity contribution < 1.29 is 14.4 Å². The van der Waals surface area contributed by atoms with E-state index in [0.29, 0.717) is 32.7 Å². The Bertz CT molecular complexity index is 1510. The summed E-state index contributed by atoms with van der Waals surface area (Å²) in [6, 6.07) is 25.8. The minimum atomic E-state index is -0.566. The SMILES string of the molecule is CC(Sc1ccc(NC(=O)/C(=C/c2c(Cl)cccc2Cl)NC(=O)c2ccccc2)cc1)C(=O)Nc1ccccn1. The zero-order valence-corrected chi connectivity index (χ0v) is 23.6. The lowest BCUT2D eigenvalue weighted by atomic mass is 10.1. The van der Waals surface area contributed by atoms with Crippen molar-refractivity contribution in [1.29, 1.82) is 0 Å². The van der Waals surface area contributed by atoms with Crippen molar-refractivity contribution in [2.24, 2.45) is 0 Å². The predicted molar refractivity (Wildman–Crippen MR) is 162 cm³/mol. The highest BCUT2D eigenvalue weighted by molar-refractivity contribution is 8.00. The standard InChI is InChI=1S/C30H24Cl2N4O3S/c1-19(28(37)36-27-12-5-6-17-33-27)40-22-15-13-21(14-16-22)34-30(39)26(18-23-24(31)10-7-11-25(23)32)35-29(38)20-8-3-2-4-9-20/h2-19H,1H3,(H,34,39)(H,35,38)(H,33,36,37)/b26-18-. The number of halogens is 2. The topological polar surface area (TPSA) is 100 Å². The van der Waals surface area contributed by atoms with Crippen molar-refractivity contribution in [3.8, 4) is 0 Å². The summed E-state index contributed by atoms with van der Waals surface area (Å²) >= 11 is 14.0. The molecule has 0 aliphatic carbocycles. The second-order valence-corrected chi connectivity index (χ2v) is 10.7. The van der Waals surface area contributed by atoms with E-state index in [4.69, 9.17) is 23.2 Å². The Hall–Kier alpha value is -4.11. The summed E-state index contributed by atoms with van der Waals surface area (Å²) < 4.78 is 0. The van der Waals surface area contributed by atoms with Gasteiger partial charge in [0.25, 0.3) is 11.8 Å². The molecule has 0 saturated heterocycles. The number of hydrogen-bond donors (Lipinski definition) is 3. The number of carbonyl (C=O) groups excluding carboxylic acids is 3. The van der Waals surface area contributed by atoms with Crippen LogP contribution in [0, 0.1) is 0 Å². The van der Waals surface area contributed by atoms with Gasteiger partial charge in [-0.15, -0.1) is 11.8 Å². The molecule has 40 heavy (non-hydrogen) atoms. The number of aromatic nitrogens is 1. The molecule has 0 saturated carbocycles. The number of thioether (sulfide) groups is 1. The second-order valence-electron chi connectivity index (χ2n) is 8.46. The van der Waals surface area contributed by atoms with E-state index in [0.717, 1.165) is 4.90 Å². The minimum absolute atomic E-state index is 0.0397. The smallest absolute Gasteiger partial charge is 0.272 e. The number of amides is 3. The predicted octanol–water partition coefficient (Wildman–Crippen LogP) is 6.92. The van der Waals surface area contributed by atoms with Gasteiger partial charge in [-0.3, -0.25) is 14.4 Å². The third-order valence-corrected chi connectivity index (χ3v) is 7.30. The minimum Gasteiger partial charge on any atom is -0.321 e. The van der Waals surface area contributed by atoms with E-state index in [2.05, 4.69) is 20.9 Å². The molecule has 0 bridgehead atoms. The van der Waals surface area contributed by atoms with Crippen LogP contribution >= 0.6 is 35.0 Å². The van der Waals surface area contributed by atoms with Crippen LogP contribution in [0.25, 0.3) is 6.08 Å². The summed E-state index contributed by atoms with van der Waals surface area (Å²) in [4.78, 5) is 43.6. The maximum absolute atomic E-state index is 13.3. The van der Waals surface area contributed by atoms with E-state index in [1.807, 2.05) is 0 Å². The molecule has 0 spiro atoms. The highest BCUT2D eigenvalue weighted by Gasteiger charge is 2.18. The Morgan fingerprint density at radius 1 is 0.825 bits per heavy atom. The highest BCUT2D eigenvalue weighted by atomic mass is 35.5. The number of nitrogens with zero attached hydrogens (tertiary/aromatic N) is 1. The van der Waals surface area contributed by atoms with Gasteiger partial charge in [0, 0.05) is 38.0 Å². The van der Waals surface area contributed by atoms with Crippen LogP contribution in [-0.2, 0) is 9.59 Å². The molecule has 1 unspecified atom stereocenters. The van der Waals surface area contributed by atoms with Gasteiger partial charge in [-0.25, -0.2) is 4.98 Å². The van der Waals surface area contributed by atoms with Crippen LogP contribution in [0.4, 0.5) is 11.5 Å². The van der Waals surface area contributed by atoms with Gasteiger partial charge in [-0.05, 0) is 73.7 Å². The number of hydrogen-bond acceptors (Lipinski definition) is 5. The summed E-state index contributed by atoms with van der Waals surface area (Å²) in [5.74, 6) is -0.721. The monoisotopic (exact) mass is 590 g/mol. The van der Waals surface area contributed by atoms with Crippen LogP contribution < -0.4 is 16.0 Å². The Morgan fingerprint density at radius 3 is 2.15 bits per heavy atom. The summed E-state index contributed by atoms with van der Waals surface area (Å²) in [7, 11) is 0. The van der Waals surface area contributed by atoms with E-state index >= 15 is 0 Å². The average Bonchev–Trinajstić information content (AvgIpc) is 2.96. The summed E-state index contributed by atoms with van der Waals surface area (Å²) in [5, 5.41) is 8.51. The number of nitrogens with one attached hydrogen (secondary N) is 3. The molecule has 202 valence electrons. The molecule has 1 aromatic heterocycles. The molecular weight excluding hydrogens is 567 g/mol. The lowest BCUT2D eigenvalue weighted by Crippen LogP contribution is -2.30. The molecule has 4 rings (SSSR count). The number of pyridine rings is 1. The van der Waals surface area contributed by atoms with Gasteiger partial charge in [0.05, 0.1) is 5.25 Å². The maximum Gasteiger partial charge on any atom is 0.272 e. The Morgan fingerprint density at radius 2 is 1.50 bits per heavy atom. The first-order valence-corrected chi connectivity index (χ1v) is 13.8. The van der Waals surface area contributed by atoms with E-state index in [-0.39, 0.29) is 16.9 Å². The molecule has 3 N–H and O–H groups in total. The zero-order valence-electron chi connectivity index (χ0n) is 21.2. The number of rotatable bonds is 9. The average molecular weight is 592 g/mol. The molecule has 3 aromatic carbocycles. The first kappa shape index (κ1) is 28.9. The molecule has 3 amide bonds. The van der Waals surface area contributed by atoms with E-state index in [1.54, 1.807) is 104 Å². The van der Waals surface area contributed by atoms with Crippen LogP contribution in [0.5, 0.6) is 0 Å².